The first-order chi connectivity index (χ1) is 20.9. The van der Waals surface area contributed by atoms with Crippen LogP contribution in [-0.2, 0) is 12.7 Å². The molecule has 12 heteroatoms. The van der Waals surface area contributed by atoms with Crippen LogP contribution in [0.1, 0.15) is 45.1 Å². The van der Waals surface area contributed by atoms with Gasteiger partial charge in [0, 0.05) is 25.6 Å². The quantitative estimate of drug-likeness (QED) is 0.252. The fourth-order valence-corrected chi connectivity index (χ4v) is 6.05. The number of alkyl halides is 3. The first kappa shape index (κ1) is 31.4. The summed E-state index contributed by atoms with van der Waals surface area (Å²) < 4.78 is 46.5. The molecule has 0 aliphatic carbocycles. The normalized spacial score (nSPS) is 18.0. The van der Waals surface area contributed by atoms with Crippen LogP contribution in [0.5, 0.6) is 5.75 Å². The van der Waals surface area contributed by atoms with E-state index in [0.717, 1.165) is 16.8 Å². The number of halogens is 3. The standard InChI is InChI=1S/C32H33F3N4O4S/c1-19-15-39(20(2)18-40)31(42)23-7-6-9-25(36-29(41)30-37-24-8-4-5-10-27(24)44-30)28(23)43-26(19)17-38(3)16-21-11-13-22(14-12-21)32(33,34)35/h4-14,19-20,26,40H,15-18H2,1-3H3,(H,36,41)/t19-,20-,26+/m1/s1. The maximum Gasteiger partial charge on any atom is 0.416 e. The van der Waals surface area contributed by atoms with Gasteiger partial charge in [0.15, 0.2) is 10.8 Å². The van der Waals surface area contributed by atoms with E-state index in [1.165, 1.54) is 23.5 Å². The average molecular weight is 627 g/mol. The molecule has 0 bridgehead atoms. The van der Waals surface area contributed by atoms with Gasteiger partial charge in [0.2, 0.25) is 0 Å². The van der Waals surface area contributed by atoms with Crippen molar-refractivity contribution in [2.24, 2.45) is 5.92 Å². The highest BCUT2D eigenvalue weighted by Crippen LogP contribution is 2.36. The third-order valence-electron chi connectivity index (χ3n) is 7.65. The van der Waals surface area contributed by atoms with Crippen molar-refractivity contribution in [2.45, 2.75) is 38.7 Å². The lowest BCUT2D eigenvalue weighted by atomic mass is 9.98. The fourth-order valence-electron chi connectivity index (χ4n) is 5.19. The molecule has 1 aromatic heterocycles. The molecular formula is C32H33F3N4O4S. The predicted octanol–water partition coefficient (Wildman–Crippen LogP) is 5.92. The van der Waals surface area contributed by atoms with Crippen LogP contribution in [-0.4, -0.2) is 70.6 Å². The molecule has 0 saturated carbocycles. The Hall–Kier alpha value is -4.00. The van der Waals surface area contributed by atoms with Crippen molar-refractivity contribution in [3.05, 3.63) is 88.4 Å². The van der Waals surface area contributed by atoms with E-state index in [0.29, 0.717) is 36.4 Å². The zero-order valence-electron chi connectivity index (χ0n) is 24.5. The van der Waals surface area contributed by atoms with Crippen molar-refractivity contribution in [3.8, 4) is 5.75 Å². The van der Waals surface area contributed by atoms with Crippen molar-refractivity contribution in [1.29, 1.82) is 0 Å². The number of anilines is 1. The van der Waals surface area contributed by atoms with Gasteiger partial charge in [-0.15, -0.1) is 11.3 Å². The summed E-state index contributed by atoms with van der Waals surface area (Å²) >= 11 is 1.25. The van der Waals surface area contributed by atoms with Crippen molar-refractivity contribution in [1.82, 2.24) is 14.8 Å². The maximum atomic E-state index is 13.8. The molecule has 2 N–H and O–H groups in total. The molecule has 1 aliphatic rings. The summed E-state index contributed by atoms with van der Waals surface area (Å²) in [5.41, 5.74) is 1.25. The third-order valence-corrected chi connectivity index (χ3v) is 8.69. The molecule has 0 saturated heterocycles. The van der Waals surface area contributed by atoms with E-state index in [4.69, 9.17) is 4.74 Å². The minimum Gasteiger partial charge on any atom is -0.486 e. The lowest BCUT2D eigenvalue weighted by molar-refractivity contribution is -0.137. The molecular weight excluding hydrogens is 593 g/mol. The largest absolute Gasteiger partial charge is 0.486 e. The highest BCUT2D eigenvalue weighted by atomic mass is 32.1. The summed E-state index contributed by atoms with van der Waals surface area (Å²) in [5.74, 6) is -0.769. The molecule has 3 aromatic carbocycles. The van der Waals surface area contributed by atoms with Crippen LogP contribution >= 0.6 is 11.3 Å². The Morgan fingerprint density at radius 1 is 1.16 bits per heavy atom. The molecule has 3 atom stereocenters. The van der Waals surface area contributed by atoms with Gasteiger partial charge < -0.3 is 20.1 Å². The topological polar surface area (TPSA) is 95.0 Å². The molecule has 44 heavy (non-hydrogen) atoms. The maximum absolute atomic E-state index is 13.8. The average Bonchev–Trinajstić information content (AvgIpc) is 3.43. The third kappa shape index (κ3) is 6.87. The van der Waals surface area contributed by atoms with Gasteiger partial charge >= 0.3 is 6.18 Å². The number of nitrogens with one attached hydrogen (secondary N) is 1. The number of aliphatic hydroxyl groups is 1. The summed E-state index contributed by atoms with van der Waals surface area (Å²) in [5, 5.41) is 13.1. The van der Waals surface area contributed by atoms with Crippen LogP contribution in [0.25, 0.3) is 10.2 Å². The number of ether oxygens (including phenoxy) is 1. The van der Waals surface area contributed by atoms with Gasteiger partial charge in [0.05, 0.1) is 39.7 Å². The minimum atomic E-state index is -4.41. The Balaban J connectivity index is 1.43. The van der Waals surface area contributed by atoms with E-state index < -0.39 is 29.8 Å². The molecule has 0 fully saturated rings. The number of nitrogens with zero attached hydrogens (tertiary/aromatic N) is 3. The Labute approximate surface area is 257 Å². The van der Waals surface area contributed by atoms with E-state index in [1.807, 2.05) is 43.1 Å². The first-order valence-corrected chi connectivity index (χ1v) is 15.0. The number of carbonyl (C=O) groups excluding carboxylic acids is 2. The summed E-state index contributed by atoms with van der Waals surface area (Å²) in [4.78, 5) is 35.0. The Bertz CT molecular complexity index is 1610. The number of hydrogen-bond acceptors (Lipinski definition) is 7. The summed E-state index contributed by atoms with van der Waals surface area (Å²) in [6, 6.07) is 16.9. The highest BCUT2D eigenvalue weighted by molar-refractivity contribution is 7.20. The van der Waals surface area contributed by atoms with E-state index in [9.17, 15) is 27.9 Å². The number of amides is 2. The van der Waals surface area contributed by atoms with Crippen LogP contribution in [0.2, 0.25) is 0 Å². The number of rotatable bonds is 8. The number of fused-ring (bicyclic) bond motifs is 2. The van der Waals surface area contributed by atoms with E-state index in [2.05, 4.69) is 10.3 Å². The zero-order valence-corrected chi connectivity index (χ0v) is 25.3. The number of carbonyl (C=O) groups is 2. The second kappa shape index (κ2) is 12.9. The molecule has 5 rings (SSSR count). The number of thiazole rings is 1. The van der Waals surface area contributed by atoms with Crippen LogP contribution < -0.4 is 10.1 Å². The molecule has 2 heterocycles. The smallest absolute Gasteiger partial charge is 0.416 e. The molecule has 2 amide bonds. The van der Waals surface area contributed by atoms with Crippen molar-refractivity contribution < 1.29 is 32.6 Å². The van der Waals surface area contributed by atoms with Gasteiger partial charge in [-0.3, -0.25) is 14.5 Å². The van der Waals surface area contributed by atoms with Crippen LogP contribution in [0.4, 0.5) is 18.9 Å². The number of aliphatic hydroxyl groups excluding tert-OH is 1. The number of hydrogen-bond donors (Lipinski definition) is 2. The van der Waals surface area contributed by atoms with Gasteiger partial charge in [-0.2, -0.15) is 13.2 Å². The van der Waals surface area contributed by atoms with E-state index >= 15 is 0 Å². The number of benzene rings is 3. The van der Waals surface area contributed by atoms with E-state index in [-0.39, 0.29) is 34.8 Å². The minimum absolute atomic E-state index is 0.204. The molecule has 0 spiro atoms. The van der Waals surface area contributed by atoms with Gasteiger partial charge in [-0.05, 0) is 55.9 Å². The lowest BCUT2D eigenvalue weighted by Gasteiger charge is -2.38. The Morgan fingerprint density at radius 2 is 1.89 bits per heavy atom. The molecule has 0 unspecified atom stereocenters. The summed E-state index contributed by atoms with van der Waals surface area (Å²) in [7, 11) is 1.84. The first-order valence-electron chi connectivity index (χ1n) is 14.2. The summed E-state index contributed by atoms with van der Waals surface area (Å²) in [6.07, 6.45) is -4.88. The van der Waals surface area contributed by atoms with Gasteiger partial charge in [0.25, 0.3) is 11.8 Å². The fraction of sp³-hybridized carbons (Fsp3) is 0.344. The van der Waals surface area contributed by atoms with Crippen LogP contribution in [0.3, 0.4) is 0 Å². The molecule has 0 radical (unpaired) electrons. The number of para-hydroxylation sites is 2. The lowest BCUT2D eigenvalue weighted by Crippen LogP contribution is -2.49. The predicted molar refractivity (Wildman–Crippen MR) is 163 cm³/mol. The SMILES string of the molecule is C[C@@H]1CN([C@H](C)CO)C(=O)c2cccc(NC(=O)c3nc4ccccc4s3)c2O[C@H]1CN(C)Cc1ccc(C(F)(F)F)cc1. The Kier molecular flexibility index (Phi) is 9.23. The highest BCUT2D eigenvalue weighted by Gasteiger charge is 2.35. The monoisotopic (exact) mass is 626 g/mol. The van der Waals surface area contributed by atoms with E-state index in [1.54, 1.807) is 30.0 Å². The number of likely N-dealkylation sites (N-methyl/N-ethyl adjacent to an activating group) is 1. The summed E-state index contributed by atoms with van der Waals surface area (Å²) in [6.45, 7) is 4.51. The zero-order chi connectivity index (χ0) is 31.6. The van der Waals surface area contributed by atoms with Crippen molar-refractivity contribution in [2.75, 3.05) is 32.1 Å². The molecule has 8 nitrogen and oxygen atoms in total. The van der Waals surface area contributed by atoms with Gasteiger partial charge in [-0.25, -0.2) is 4.98 Å². The number of aromatic nitrogens is 1. The Morgan fingerprint density at radius 3 is 2.57 bits per heavy atom. The van der Waals surface area contributed by atoms with Crippen LogP contribution in [0, 0.1) is 5.92 Å². The van der Waals surface area contributed by atoms with Gasteiger partial charge in [0.1, 0.15) is 6.10 Å². The molecule has 4 aromatic rings. The second-order valence-electron chi connectivity index (χ2n) is 11.1. The molecule has 232 valence electrons. The second-order valence-corrected chi connectivity index (χ2v) is 12.2. The van der Waals surface area contributed by atoms with Crippen LogP contribution in [0.15, 0.2) is 66.7 Å². The molecule has 1 aliphatic heterocycles. The van der Waals surface area contributed by atoms with Crippen molar-refractivity contribution >= 4 is 39.1 Å². The van der Waals surface area contributed by atoms with Gasteiger partial charge in [-0.1, -0.05) is 37.3 Å². The van der Waals surface area contributed by atoms with Crippen molar-refractivity contribution in [3.63, 3.8) is 0 Å².